The van der Waals surface area contributed by atoms with Crippen LogP contribution >= 0.6 is 11.6 Å². The average Bonchev–Trinajstić information content (AvgIpc) is 2.56. The molecule has 3 nitrogen and oxygen atoms in total. The number of fused-ring (bicyclic) bond motifs is 1. The first-order valence-corrected chi connectivity index (χ1v) is 7.21. The van der Waals surface area contributed by atoms with Crippen molar-refractivity contribution in [3.63, 3.8) is 0 Å². The number of rotatable bonds is 3. The third kappa shape index (κ3) is 3.23. The summed E-state index contributed by atoms with van der Waals surface area (Å²) < 4.78 is 0. The third-order valence-electron chi connectivity index (χ3n) is 3.59. The Labute approximate surface area is 120 Å². The molecule has 1 aliphatic heterocycles. The van der Waals surface area contributed by atoms with Crippen molar-refractivity contribution in [2.24, 2.45) is 0 Å². The molecular weight excluding hydrogens is 258 g/mol. The van der Waals surface area contributed by atoms with E-state index in [1.165, 1.54) is 0 Å². The maximum Gasteiger partial charge on any atom is 0.0635 e. The first-order chi connectivity index (χ1) is 9.13. The van der Waals surface area contributed by atoms with Gasteiger partial charge in [0.25, 0.3) is 0 Å². The molecule has 1 aliphatic rings. The molecule has 3 N–H and O–H groups in total. The highest BCUT2D eigenvalue weighted by atomic mass is 35.5. The third-order valence-corrected chi connectivity index (χ3v) is 3.94. The molecule has 1 heterocycles. The van der Waals surface area contributed by atoms with Crippen LogP contribution in [0, 0.1) is 0 Å². The van der Waals surface area contributed by atoms with Crippen LogP contribution in [-0.4, -0.2) is 24.0 Å². The number of nitrogen functional groups attached to an aromatic ring is 1. The average molecular weight is 280 g/mol. The van der Waals surface area contributed by atoms with Crippen LogP contribution in [0.25, 0.3) is 0 Å². The zero-order chi connectivity index (χ0) is 13.8. The summed E-state index contributed by atoms with van der Waals surface area (Å²) in [4.78, 5) is 2.41. The maximum absolute atomic E-state index is 6.32. The molecule has 104 valence electrons. The van der Waals surface area contributed by atoms with Gasteiger partial charge in [0.05, 0.1) is 11.4 Å². The summed E-state index contributed by atoms with van der Waals surface area (Å²) in [6.45, 7) is 7.04. The molecule has 1 aromatic rings. The number of anilines is 2. The minimum absolute atomic E-state index is 0.448. The van der Waals surface area contributed by atoms with E-state index in [-0.39, 0.29) is 0 Å². The fourth-order valence-electron chi connectivity index (χ4n) is 2.36. The van der Waals surface area contributed by atoms with Crippen LogP contribution < -0.4 is 11.1 Å². The predicted octanol–water partition coefficient (Wildman–Crippen LogP) is 3.50. The summed E-state index contributed by atoms with van der Waals surface area (Å²) >= 11 is 6.32. The molecule has 0 unspecified atom stereocenters. The zero-order valence-electron chi connectivity index (χ0n) is 11.6. The number of halogens is 1. The van der Waals surface area contributed by atoms with E-state index in [9.17, 15) is 0 Å². The summed E-state index contributed by atoms with van der Waals surface area (Å²) in [6, 6.07) is 4.20. The second-order valence-corrected chi connectivity index (χ2v) is 5.44. The first-order valence-electron chi connectivity index (χ1n) is 6.83. The molecule has 1 atom stereocenters. The van der Waals surface area contributed by atoms with Crippen LogP contribution in [0.3, 0.4) is 0 Å². The Bertz CT molecular complexity index is 471. The van der Waals surface area contributed by atoms with Gasteiger partial charge < -0.3 is 11.1 Å². The molecular formula is C15H22ClN3. The molecule has 0 spiro atoms. The van der Waals surface area contributed by atoms with Gasteiger partial charge in [-0.2, -0.15) is 0 Å². The second-order valence-electron chi connectivity index (χ2n) is 5.03. The Morgan fingerprint density at radius 1 is 1.47 bits per heavy atom. The normalized spacial score (nSPS) is 20.1. The molecule has 0 saturated carbocycles. The van der Waals surface area contributed by atoms with Gasteiger partial charge in [0.15, 0.2) is 0 Å². The summed E-state index contributed by atoms with van der Waals surface area (Å²) in [7, 11) is 0. The highest BCUT2D eigenvalue weighted by Crippen LogP contribution is 2.33. The van der Waals surface area contributed by atoms with Gasteiger partial charge in [0.2, 0.25) is 0 Å². The molecule has 2 rings (SSSR count). The molecule has 0 radical (unpaired) electrons. The van der Waals surface area contributed by atoms with Gasteiger partial charge >= 0.3 is 0 Å². The van der Waals surface area contributed by atoms with Crippen LogP contribution in [0.1, 0.15) is 25.8 Å². The Morgan fingerprint density at radius 3 is 3.00 bits per heavy atom. The fourth-order valence-corrected chi connectivity index (χ4v) is 2.58. The number of hydrogen-bond acceptors (Lipinski definition) is 3. The van der Waals surface area contributed by atoms with Crippen molar-refractivity contribution in [3.05, 3.63) is 34.9 Å². The van der Waals surface area contributed by atoms with E-state index in [1.54, 1.807) is 0 Å². The lowest BCUT2D eigenvalue weighted by Crippen LogP contribution is -2.35. The van der Waals surface area contributed by atoms with Crippen molar-refractivity contribution in [2.75, 3.05) is 24.1 Å². The lowest BCUT2D eigenvalue weighted by Gasteiger charge is -2.25. The standard InChI is InChI=1S/C15H22ClN3/c1-3-4-5-8-19-10-12-13(16)6-7-14(17)15(12)18-9-11(19)2/h4-7,11,18H,3,8-10,17H2,1-2H3/t11-/m0/s1. The van der Waals surface area contributed by atoms with E-state index in [2.05, 4.69) is 36.2 Å². The fraction of sp³-hybridized carbons (Fsp3) is 0.467. The molecule has 19 heavy (non-hydrogen) atoms. The summed E-state index contributed by atoms with van der Waals surface area (Å²) in [5.74, 6) is 0. The minimum Gasteiger partial charge on any atom is -0.397 e. The highest BCUT2D eigenvalue weighted by Gasteiger charge is 2.22. The molecule has 1 aromatic carbocycles. The SMILES string of the molecule is CCC=CCN1Cc2c(Cl)ccc(N)c2NC[C@@H]1C. The van der Waals surface area contributed by atoms with Gasteiger partial charge in [0.1, 0.15) is 0 Å². The molecule has 0 fully saturated rings. The summed E-state index contributed by atoms with van der Waals surface area (Å²) in [5, 5.41) is 4.22. The number of allylic oxidation sites excluding steroid dienone is 1. The Kier molecular flexibility index (Phi) is 4.72. The molecule has 0 amide bonds. The Hall–Kier alpha value is -1.19. The van der Waals surface area contributed by atoms with Crippen LogP contribution in [0.15, 0.2) is 24.3 Å². The number of nitrogens with two attached hydrogens (primary N) is 1. The highest BCUT2D eigenvalue weighted by molar-refractivity contribution is 6.32. The maximum atomic E-state index is 6.32. The molecule has 4 heteroatoms. The molecule has 0 bridgehead atoms. The van der Waals surface area contributed by atoms with Crippen LogP contribution in [0.2, 0.25) is 5.02 Å². The van der Waals surface area contributed by atoms with Crippen molar-refractivity contribution in [1.29, 1.82) is 0 Å². The lowest BCUT2D eigenvalue weighted by molar-refractivity contribution is 0.236. The van der Waals surface area contributed by atoms with E-state index >= 15 is 0 Å². The van der Waals surface area contributed by atoms with Gasteiger partial charge in [-0.05, 0) is 25.5 Å². The van der Waals surface area contributed by atoms with E-state index in [0.29, 0.717) is 6.04 Å². The van der Waals surface area contributed by atoms with Crippen LogP contribution in [0.5, 0.6) is 0 Å². The quantitative estimate of drug-likeness (QED) is 0.657. The van der Waals surface area contributed by atoms with Gasteiger partial charge in [-0.1, -0.05) is 30.7 Å². The Balaban J connectivity index is 2.25. The topological polar surface area (TPSA) is 41.3 Å². The van der Waals surface area contributed by atoms with Crippen molar-refractivity contribution in [2.45, 2.75) is 32.9 Å². The second kappa shape index (κ2) is 6.31. The van der Waals surface area contributed by atoms with Gasteiger partial charge in [-0.3, -0.25) is 4.90 Å². The van der Waals surface area contributed by atoms with Crippen molar-refractivity contribution < 1.29 is 0 Å². The van der Waals surface area contributed by atoms with E-state index < -0.39 is 0 Å². The minimum atomic E-state index is 0.448. The molecule has 0 aliphatic carbocycles. The number of nitrogens with zero attached hydrogens (tertiary/aromatic N) is 1. The molecule has 0 aromatic heterocycles. The predicted molar refractivity (Wildman–Crippen MR) is 83.7 cm³/mol. The van der Waals surface area contributed by atoms with Crippen LogP contribution in [0.4, 0.5) is 11.4 Å². The van der Waals surface area contributed by atoms with Crippen LogP contribution in [-0.2, 0) is 6.54 Å². The van der Waals surface area contributed by atoms with Gasteiger partial charge in [-0.15, -0.1) is 0 Å². The van der Waals surface area contributed by atoms with Gasteiger partial charge in [-0.25, -0.2) is 0 Å². The smallest absolute Gasteiger partial charge is 0.0635 e. The summed E-state index contributed by atoms with van der Waals surface area (Å²) in [5.41, 5.74) is 8.92. The lowest BCUT2D eigenvalue weighted by atomic mass is 10.1. The van der Waals surface area contributed by atoms with Gasteiger partial charge in [0, 0.05) is 36.3 Å². The van der Waals surface area contributed by atoms with E-state index in [0.717, 1.165) is 48.0 Å². The van der Waals surface area contributed by atoms with Crippen molar-refractivity contribution in [1.82, 2.24) is 4.90 Å². The number of hydrogen-bond donors (Lipinski definition) is 2. The zero-order valence-corrected chi connectivity index (χ0v) is 12.4. The number of nitrogens with one attached hydrogen (secondary N) is 1. The van der Waals surface area contributed by atoms with Crippen molar-refractivity contribution in [3.8, 4) is 0 Å². The van der Waals surface area contributed by atoms with E-state index in [1.807, 2.05) is 12.1 Å². The number of benzene rings is 1. The monoisotopic (exact) mass is 279 g/mol. The summed E-state index contributed by atoms with van der Waals surface area (Å²) in [6.07, 6.45) is 5.50. The van der Waals surface area contributed by atoms with E-state index in [4.69, 9.17) is 17.3 Å². The van der Waals surface area contributed by atoms with Crippen molar-refractivity contribution >= 4 is 23.0 Å². The molecule has 0 saturated heterocycles. The largest absolute Gasteiger partial charge is 0.397 e. The first kappa shape index (κ1) is 14.2. The Morgan fingerprint density at radius 2 is 2.26 bits per heavy atom.